The average Bonchev–Trinajstić information content (AvgIpc) is 2.44. The number of halogens is 12. The van der Waals surface area contributed by atoms with E-state index in [-0.39, 0.29) is 51.4 Å². The van der Waals surface area contributed by atoms with E-state index in [0.29, 0.717) is 0 Å². The van der Waals surface area contributed by atoms with E-state index < -0.39 is 21.8 Å². The second-order valence-electron chi connectivity index (χ2n) is 2.71. The number of hydrogen-bond acceptors (Lipinski definition) is 1. The summed E-state index contributed by atoms with van der Waals surface area (Å²) in [7, 11) is -18.0. The maximum atomic E-state index is 9.75. The maximum absolute atomic E-state index is 9.75. The summed E-state index contributed by atoms with van der Waals surface area (Å²) >= 11 is 0. The molecule has 0 aliphatic carbocycles. The number of rotatable bonds is 0. The van der Waals surface area contributed by atoms with Gasteiger partial charge < -0.3 is 56.2 Å². The van der Waals surface area contributed by atoms with Crippen molar-refractivity contribution >= 4 is 73.1 Å². The van der Waals surface area contributed by atoms with E-state index in [4.69, 9.17) is 4.42 Å². The van der Waals surface area contributed by atoms with Crippen molar-refractivity contribution in [2.75, 3.05) is 0 Å². The van der Waals surface area contributed by atoms with Gasteiger partial charge in [0.2, 0.25) is 0 Å². The Morgan fingerprint density at radius 2 is 0.909 bits per heavy atom. The van der Waals surface area contributed by atoms with Gasteiger partial charge >= 0.3 is 73.1 Å². The van der Waals surface area contributed by atoms with E-state index in [1.165, 1.54) is 0 Å². The zero-order valence-corrected chi connectivity index (χ0v) is 9.91. The van der Waals surface area contributed by atoms with Gasteiger partial charge in [0, 0.05) is 0 Å². The van der Waals surface area contributed by atoms with E-state index in [2.05, 4.69) is 0 Å². The van der Waals surface area contributed by atoms with Gasteiger partial charge in [-0.25, -0.2) is 0 Å². The summed E-state index contributed by atoms with van der Waals surface area (Å²) in [5, 5.41) is 0. The van der Waals surface area contributed by atoms with Crippen LogP contribution in [0.2, 0.25) is 0 Å². The molecular formula is C5H7B3F12KO-3. The topological polar surface area (TPSA) is 13.1 Å². The number of hydrogen-bond donors (Lipinski definition) is 0. The minimum atomic E-state index is -6.00. The predicted octanol–water partition coefficient (Wildman–Crippen LogP) is 4.84. The molecule has 0 aromatic carbocycles. The molecule has 130 valence electrons. The zero-order chi connectivity index (χ0) is 17.9. The van der Waals surface area contributed by atoms with Gasteiger partial charge in [-0.3, -0.25) is 0 Å². The van der Waals surface area contributed by atoms with Gasteiger partial charge in [0.1, 0.15) is 5.76 Å². The molecule has 0 fully saturated rings. The summed E-state index contributed by atoms with van der Waals surface area (Å²) < 4.78 is 122. The Labute approximate surface area is 159 Å². The Morgan fingerprint density at radius 1 is 0.682 bits per heavy atom. The van der Waals surface area contributed by atoms with Crippen LogP contribution < -0.4 is 0 Å². The van der Waals surface area contributed by atoms with Gasteiger partial charge in [0.25, 0.3) is 0 Å². The predicted molar refractivity (Wildman–Crippen MR) is 61.2 cm³/mol. The van der Waals surface area contributed by atoms with Crippen molar-refractivity contribution in [3.63, 3.8) is 0 Å². The molecule has 0 spiro atoms. The van der Waals surface area contributed by atoms with Crippen LogP contribution in [-0.4, -0.2) is 73.1 Å². The van der Waals surface area contributed by atoms with Gasteiger partial charge in [-0.05, 0) is 19.1 Å². The Balaban J connectivity index is -0.0000000973. The molecule has 0 saturated carbocycles. The van der Waals surface area contributed by atoms with Crippen molar-refractivity contribution in [2.24, 2.45) is 0 Å². The van der Waals surface area contributed by atoms with E-state index in [9.17, 15) is 51.8 Å². The normalized spacial score (nSPS) is 10.6. The van der Waals surface area contributed by atoms with E-state index in [1.807, 2.05) is 19.1 Å². The third kappa shape index (κ3) is 142. The van der Waals surface area contributed by atoms with Gasteiger partial charge in [-0.1, -0.05) is 0 Å². The number of furan rings is 1. The Kier molecular flexibility index (Phi) is 18.8. The molecule has 0 aliphatic heterocycles. The van der Waals surface area contributed by atoms with Crippen LogP contribution >= 0.6 is 0 Å². The first-order chi connectivity index (χ1) is 8.89. The summed E-state index contributed by atoms with van der Waals surface area (Å²) in [6, 6.07) is 3.79. The molecule has 1 rings (SSSR count). The summed E-state index contributed by atoms with van der Waals surface area (Å²) in [4.78, 5) is 0. The van der Waals surface area contributed by atoms with Crippen LogP contribution in [0, 0.1) is 6.92 Å². The SMILES string of the molecule is Cc1ccco1.F[B-](F)(F)F.F[B-](F)(F)F.F[B-](F)(F)F.[KH]. The molecule has 1 aromatic rings. The summed E-state index contributed by atoms with van der Waals surface area (Å²) in [5.74, 6) is 0.968. The zero-order valence-electron chi connectivity index (χ0n) is 9.91. The fourth-order valence-corrected chi connectivity index (χ4v) is 0.361. The van der Waals surface area contributed by atoms with Crippen LogP contribution in [0.4, 0.5) is 51.8 Å². The van der Waals surface area contributed by atoms with Crippen LogP contribution in [0.15, 0.2) is 22.8 Å². The van der Waals surface area contributed by atoms with Gasteiger partial charge in [0.15, 0.2) is 0 Å². The molecular weight excluding hydrogens is 376 g/mol. The molecule has 0 radical (unpaired) electrons. The molecule has 1 aromatic heterocycles. The van der Waals surface area contributed by atoms with Crippen molar-refractivity contribution < 1.29 is 56.2 Å². The monoisotopic (exact) mass is 383 g/mol. The van der Waals surface area contributed by atoms with Crippen molar-refractivity contribution in [3.05, 3.63) is 24.2 Å². The Bertz CT molecular complexity index is 285. The standard InChI is InChI=1S/C5H6O.3BF4.K.H/c1-5-3-2-4-6-5;3*2-1(3,4)5;;/h2-4H,1H3;;;;;/q;3*-1;;. The van der Waals surface area contributed by atoms with Crippen molar-refractivity contribution in [2.45, 2.75) is 6.92 Å². The molecule has 1 heterocycles. The first kappa shape index (κ1) is 30.2. The van der Waals surface area contributed by atoms with Crippen LogP contribution in [0.1, 0.15) is 5.76 Å². The van der Waals surface area contributed by atoms with Crippen molar-refractivity contribution in [3.8, 4) is 0 Å². The van der Waals surface area contributed by atoms with Crippen LogP contribution in [0.3, 0.4) is 0 Å². The van der Waals surface area contributed by atoms with Crippen LogP contribution in [0.25, 0.3) is 0 Å². The first-order valence-corrected chi connectivity index (χ1v) is 4.51. The molecule has 0 atom stereocenters. The second-order valence-corrected chi connectivity index (χ2v) is 2.71. The van der Waals surface area contributed by atoms with Gasteiger partial charge in [0.05, 0.1) is 6.26 Å². The average molecular weight is 383 g/mol. The van der Waals surface area contributed by atoms with Crippen molar-refractivity contribution in [1.82, 2.24) is 0 Å². The fraction of sp³-hybridized carbons (Fsp3) is 0.200. The first-order valence-electron chi connectivity index (χ1n) is 4.51. The summed E-state index contributed by atoms with van der Waals surface area (Å²) in [5.41, 5.74) is 0. The molecule has 0 amide bonds. The van der Waals surface area contributed by atoms with E-state index in [1.54, 1.807) is 6.26 Å². The Hall–Kier alpha value is 0.271. The van der Waals surface area contributed by atoms with Crippen LogP contribution in [0.5, 0.6) is 0 Å². The van der Waals surface area contributed by atoms with Gasteiger partial charge in [-0.15, -0.1) is 0 Å². The fourth-order valence-electron chi connectivity index (χ4n) is 0.361. The molecule has 0 saturated heterocycles. The second kappa shape index (κ2) is 13.7. The van der Waals surface area contributed by atoms with Gasteiger partial charge in [-0.2, -0.15) is 0 Å². The molecule has 0 bridgehead atoms. The number of aryl methyl sites for hydroxylation is 1. The van der Waals surface area contributed by atoms with E-state index in [0.717, 1.165) is 5.76 Å². The molecule has 0 aliphatic rings. The Morgan fingerprint density at radius 3 is 0.955 bits per heavy atom. The van der Waals surface area contributed by atoms with E-state index >= 15 is 0 Å². The molecule has 17 heteroatoms. The molecule has 0 unspecified atom stereocenters. The summed E-state index contributed by atoms with van der Waals surface area (Å²) in [6.45, 7) is 1.92. The molecule has 22 heavy (non-hydrogen) atoms. The molecule has 0 N–H and O–H groups in total. The minimum absolute atomic E-state index is 0. The van der Waals surface area contributed by atoms with Crippen LogP contribution in [-0.2, 0) is 0 Å². The third-order valence-electron chi connectivity index (χ3n) is 0.663. The summed E-state index contributed by atoms with van der Waals surface area (Å²) in [6.07, 6.45) is 1.66. The van der Waals surface area contributed by atoms with Crippen molar-refractivity contribution in [1.29, 1.82) is 0 Å². The molecule has 1 nitrogen and oxygen atoms in total. The third-order valence-corrected chi connectivity index (χ3v) is 0.663. The quantitative estimate of drug-likeness (QED) is 0.462.